The predicted molar refractivity (Wildman–Crippen MR) is 67.5 cm³/mol. The zero-order chi connectivity index (χ0) is 12.1. The molecule has 0 atom stereocenters. The summed E-state index contributed by atoms with van der Waals surface area (Å²) >= 11 is 1.64. The molecule has 2 N–H and O–H groups in total. The monoisotopic (exact) mass is 243 g/mol. The van der Waals surface area contributed by atoms with E-state index in [1.165, 1.54) is 13.2 Å². The molecule has 0 saturated carbocycles. The molecule has 90 valence electrons. The normalized spacial score (nSPS) is 10.8. The van der Waals surface area contributed by atoms with E-state index in [-0.39, 0.29) is 5.75 Å². The van der Waals surface area contributed by atoms with Crippen molar-refractivity contribution in [1.82, 2.24) is 0 Å². The number of methoxy groups -OCH3 is 1. The predicted octanol–water partition coefficient (Wildman–Crippen LogP) is 3.55. The summed E-state index contributed by atoms with van der Waals surface area (Å²) in [6, 6.07) is 2.98. The number of rotatable bonds is 5. The van der Waals surface area contributed by atoms with Crippen LogP contribution in [0.4, 0.5) is 10.1 Å². The molecule has 0 bridgehead atoms. The summed E-state index contributed by atoms with van der Waals surface area (Å²) in [5, 5.41) is 0. The minimum atomic E-state index is -0.409. The number of ether oxygens (including phenoxy) is 1. The molecule has 0 spiro atoms. The van der Waals surface area contributed by atoms with Gasteiger partial charge in [0.05, 0.1) is 7.11 Å². The van der Waals surface area contributed by atoms with Crippen molar-refractivity contribution in [3.8, 4) is 5.75 Å². The molecular weight excluding hydrogens is 225 g/mol. The van der Waals surface area contributed by atoms with Crippen LogP contribution in [0.3, 0.4) is 0 Å². The quantitative estimate of drug-likeness (QED) is 0.634. The number of halogens is 1. The third kappa shape index (κ3) is 3.59. The van der Waals surface area contributed by atoms with E-state index < -0.39 is 5.82 Å². The van der Waals surface area contributed by atoms with Crippen molar-refractivity contribution in [2.45, 2.75) is 25.2 Å². The lowest BCUT2D eigenvalue weighted by Gasteiger charge is -2.09. The largest absolute Gasteiger partial charge is 0.494 e. The Morgan fingerprint density at radius 2 is 2.12 bits per heavy atom. The first-order valence-electron chi connectivity index (χ1n) is 5.30. The van der Waals surface area contributed by atoms with E-state index in [0.29, 0.717) is 11.6 Å². The molecule has 0 aromatic heterocycles. The van der Waals surface area contributed by atoms with Crippen molar-refractivity contribution in [2.75, 3.05) is 18.6 Å². The lowest BCUT2D eigenvalue weighted by Crippen LogP contribution is -1.96. The number of nitrogens with two attached hydrogens (primary N) is 1. The molecule has 16 heavy (non-hydrogen) atoms. The van der Waals surface area contributed by atoms with Gasteiger partial charge in [-0.05, 0) is 24.2 Å². The van der Waals surface area contributed by atoms with Gasteiger partial charge >= 0.3 is 0 Å². The SMILES string of the molecule is COc1cc(SCCC(C)C)c(N)cc1F. The van der Waals surface area contributed by atoms with Gasteiger partial charge in [-0.2, -0.15) is 0 Å². The molecule has 0 aliphatic heterocycles. The molecule has 2 nitrogen and oxygen atoms in total. The second kappa shape index (κ2) is 5.99. The Morgan fingerprint density at radius 3 is 2.69 bits per heavy atom. The van der Waals surface area contributed by atoms with Crippen LogP contribution >= 0.6 is 11.8 Å². The third-order valence-electron chi connectivity index (χ3n) is 2.24. The number of benzene rings is 1. The Hall–Kier alpha value is -0.900. The minimum absolute atomic E-state index is 0.251. The van der Waals surface area contributed by atoms with Gasteiger partial charge < -0.3 is 10.5 Å². The number of hydrogen-bond donors (Lipinski definition) is 1. The maximum absolute atomic E-state index is 13.3. The van der Waals surface area contributed by atoms with Crippen LogP contribution in [0, 0.1) is 11.7 Å². The van der Waals surface area contributed by atoms with Gasteiger partial charge in [-0.25, -0.2) is 4.39 Å². The molecule has 0 amide bonds. The molecule has 0 heterocycles. The van der Waals surface area contributed by atoms with Crippen molar-refractivity contribution in [3.63, 3.8) is 0 Å². The van der Waals surface area contributed by atoms with Gasteiger partial charge in [0.2, 0.25) is 0 Å². The second-order valence-electron chi connectivity index (χ2n) is 4.06. The summed E-state index contributed by atoms with van der Waals surface area (Å²) in [5.41, 5.74) is 6.22. The van der Waals surface area contributed by atoms with Gasteiger partial charge in [-0.15, -0.1) is 11.8 Å². The Morgan fingerprint density at radius 1 is 1.44 bits per heavy atom. The number of nitrogen functional groups attached to an aromatic ring is 1. The number of hydrogen-bond acceptors (Lipinski definition) is 3. The average Bonchev–Trinajstić information content (AvgIpc) is 2.20. The molecule has 0 aliphatic carbocycles. The zero-order valence-electron chi connectivity index (χ0n) is 9.92. The van der Waals surface area contributed by atoms with Crippen LogP contribution in [0.5, 0.6) is 5.75 Å². The molecule has 4 heteroatoms. The van der Waals surface area contributed by atoms with E-state index in [1.807, 2.05) is 0 Å². The van der Waals surface area contributed by atoms with E-state index in [4.69, 9.17) is 10.5 Å². The highest BCUT2D eigenvalue weighted by Crippen LogP contribution is 2.32. The van der Waals surface area contributed by atoms with E-state index >= 15 is 0 Å². The summed E-state index contributed by atoms with van der Waals surface area (Å²) in [6.07, 6.45) is 1.11. The zero-order valence-corrected chi connectivity index (χ0v) is 10.7. The van der Waals surface area contributed by atoms with Gasteiger partial charge in [0.15, 0.2) is 11.6 Å². The fourth-order valence-electron chi connectivity index (χ4n) is 1.24. The Bertz CT molecular complexity index is 355. The summed E-state index contributed by atoms with van der Waals surface area (Å²) < 4.78 is 18.2. The summed E-state index contributed by atoms with van der Waals surface area (Å²) in [7, 11) is 1.46. The van der Waals surface area contributed by atoms with E-state index in [0.717, 1.165) is 17.1 Å². The van der Waals surface area contributed by atoms with Gasteiger partial charge in [-0.1, -0.05) is 13.8 Å². The minimum Gasteiger partial charge on any atom is -0.494 e. The van der Waals surface area contributed by atoms with Crippen LogP contribution in [0.1, 0.15) is 20.3 Å². The van der Waals surface area contributed by atoms with Gasteiger partial charge in [-0.3, -0.25) is 0 Å². The topological polar surface area (TPSA) is 35.2 Å². The van der Waals surface area contributed by atoms with Crippen LogP contribution in [0.2, 0.25) is 0 Å². The highest BCUT2D eigenvalue weighted by Gasteiger charge is 2.08. The highest BCUT2D eigenvalue weighted by molar-refractivity contribution is 7.99. The van der Waals surface area contributed by atoms with Crippen LogP contribution in [0.25, 0.3) is 0 Å². The lowest BCUT2D eigenvalue weighted by molar-refractivity contribution is 0.385. The van der Waals surface area contributed by atoms with Crippen molar-refractivity contribution < 1.29 is 9.13 Å². The average molecular weight is 243 g/mol. The lowest BCUT2D eigenvalue weighted by atomic mass is 10.2. The van der Waals surface area contributed by atoms with Crippen LogP contribution in [0.15, 0.2) is 17.0 Å². The fourth-order valence-corrected chi connectivity index (χ4v) is 2.46. The first kappa shape index (κ1) is 13.2. The summed E-state index contributed by atoms with van der Waals surface area (Å²) in [6.45, 7) is 4.35. The molecule has 0 saturated heterocycles. The molecule has 0 unspecified atom stereocenters. The molecule has 1 aromatic rings. The maximum Gasteiger partial charge on any atom is 0.167 e. The van der Waals surface area contributed by atoms with Crippen molar-refractivity contribution in [3.05, 3.63) is 17.9 Å². The standard InChI is InChI=1S/C12H18FNOS/c1-8(2)4-5-16-12-7-11(15-3)9(13)6-10(12)14/h6-8H,4-5,14H2,1-3H3. The van der Waals surface area contributed by atoms with Crippen LogP contribution in [-0.2, 0) is 0 Å². The third-order valence-corrected chi connectivity index (χ3v) is 3.34. The highest BCUT2D eigenvalue weighted by atomic mass is 32.2. The summed E-state index contributed by atoms with van der Waals surface area (Å²) in [4.78, 5) is 0.888. The van der Waals surface area contributed by atoms with Gasteiger partial charge in [0.25, 0.3) is 0 Å². The Kier molecular flexibility index (Phi) is 4.93. The van der Waals surface area contributed by atoms with Crippen molar-refractivity contribution in [1.29, 1.82) is 0 Å². The van der Waals surface area contributed by atoms with Crippen molar-refractivity contribution >= 4 is 17.4 Å². The molecular formula is C12H18FNOS. The number of anilines is 1. The first-order chi connectivity index (χ1) is 7.54. The molecule has 0 aliphatic rings. The van der Waals surface area contributed by atoms with Crippen LogP contribution < -0.4 is 10.5 Å². The van der Waals surface area contributed by atoms with E-state index in [1.54, 1.807) is 17.8 Å². The van der Waals surface area contributed by atoms with Crippen LogP contribution in [-0.4, -0.2) is 12.9 Å². The molecule has 0 radical (unpaired) electrons. The second-order valence-corrected chi connectivity index (χ2v) is 5.19. The molecule has 1 rings (SSSR count). The Labute approximate surface area is 100 Å². The Balaban J connectivity index is 2.72. The summed E-state index contributed by atoms with van der Waals surface area (Å²) in [5.74, 6) is 1.49. The van der Waals surface area contributed by atoms with E-state index in [2.05, 4.69) is 13.8 Å². The number of thioether (sulfide) groups is 1. The maximum atomic E-state index is 13.3. The molecule has 1 aromatic carbocycles. The first-order valence-corrected chi connectivity index (χ1v) is 6.29. The van der Waals surface area contributed by atoms with E-state index in [9.17, 15) is 4.39 Å². The van der Waals surface area contributed by atoms with Gasteiger partial charge in [0.1, 0.15) is 0 Å². The fraction of sp³-hybridized carbons (Fsp3) is 0.500. The smallest absolute Gasteiger partial charge is 0.167 e. The van der Waals surface area contributed by atoms with Gasteiger partial charge in [0, 0.05) is 16.6 Å². The molecule has 0 fully saturated rings. The van der Waals surface area contributed by atoms with Crippen molar-refractivity contribution in [2.24, 2.45) is 5.92 Å².